The van der Waals surface area contributed by atoms with Gasteiger partial charge in [0, 0.05) is 36.6 Å². The van der Waals surface area contributed by atoms with Crippen molar-refractivity contribution in [3.63, 3.8) is 0 Å². The molecule has 0 spiro atoms. The molecule has 170 valence electrons. The fraction of sp³-hybridized carbons (Fsp3) is 0.435. The third kappa shape index (κ3) is 4.40. The van der Waals surface area contributed by atoms with Gasteiger partial charge in [-0.15, -0.1) is 11.3 Å². The van der Waals surface area contributed by atoms with Crippen LogP contribution in [0.2, 0.25) is 0 Å². The number of benzene rings is 1. The number of ether oxygens (including phenoxy) is 1. The highest BCUT2D eigenvalue weighted by Gasteiger charge is 2.37. The van der Waals surface area contributed by atoms with E-state index in [0.29, 0.717) is 16.3 Å². The molecule has 1 fully saturated rings. The van der Waals surface area contributed by atoms with Gasteiger partial charge in [0.1, 0.15) is 10.8 Å². The molecule has 0 radical (unpaired) electrons. The standard InChI is InChI=1S/C23H26FN3O4S/c1-3-9-26-10-8-17-18(13-26)32-22(20(17)23(30)31-2)25-21(29)14-11-19(28)27(12-14)16-6-4-15(24)5-7-16/h4-7,14H,3,8-13H2,1-2H3,(H,25,29). The Hall–Kier alpha value is -2.78. The van der Waals surface area contributed by atoms with Crippen molar-refractivity contribution in [1.82, 2.24) is 4.90 Å². The number of hydrogen-bond acceptors (Lipinski definition) is 6. The maximum Gasteiger partial charge on any atom is 0.341 e. The Morgan fingerprint density at radius 2 is 2.03 bits per heavy atom. The first-order valence-corrected chi connectivity index (χ1v) is 11.5. The van der Waals surface area contributed by atoms with Crippen molar-refractivity contribution in [2.75, 3.05) is 37.0 Å². The van der Waals surface area contributed by atoms with Crippen molar-refractivity contribution in [3.8, 4) is 0 Å². The number of anilines is 2. The van der Waals surface area contributed by atoms with Crippen molar-refractivity contribution in [3.05, 3.63) is 46.1 Å². The number of halogens is 1. The summed E-state index contributed by atoms with van der Waals surface area (Å²) in [6.07, 6.45) is 1.84. The molecule has 0 bridgehead atoms. The molecule has 7 nitrogen and oxygen atoms in total. The molecular formula is C23H26FN3O4S. The summed E-state index contributed by atoms with van der Waals surface area (Å²) in [4.78, 5) is 42.9. The first-order chi connectivity index (χ1) is 15.4. The van der Waals surface area contributed by atoms with Crippen molar-refractivity contribution >= 4 is 39.8 Å². The summed E-state index contributed by atoms with van der Waals surface area (Å²) in [5, 5.41) is 3.38. The topological polar surface area (TPSA) is 79.0 Å². The van der Waals surface area contributed by atoms with E-state index in [1.807, 2.05) is 0 Å². The van der Waals surface area contributed by atoms with E-state index < -0.39 is 11.9 Å². The average Bonchev–Trinajstić information content (AvgIpc) is 3.34. The third-order valence-corrected chi connectivity index (χ3v) is 7.07. The molecule has 9 heteroatoms. The van der Waals surface area contributed by atoms with Crippen LogP contribution in [-0.4, -0.2) is 49.4 Å². The van der Waals surface area contributed by atoms with E-state index in [0.717, 1.165) is 42.9 Å². The molecule has 3 heterocycles. The highest BCUT2D eigenvalue weighted by Crippen LogP contribution is 2.38. The van der Waals surface area contributed by atoms with Gasteiger partial charge in [0.05, 0.1) is 18.6 Å². The van der Waals surface area contributed by atoms with Crippen LogP contribution < -0.4 is 10.2 Å². The summed E-state index contributed by atoms with van der Waals surface area (Å²) in [7, 11) is 1.33. The molecule has 1 atom stereocenters. The highest BCUT2D eigenvalue weighted by atomic mass is 32.1. The van der Waals surface area contributed by atoms with Crippen LogP contribution in [-0.2, 0) is 27.3 Å². The van der Waals surface area contributed by atoms with Crippen LogP contribution in [0.4, 0.5) is 15.1 Å². The fourth-order valence-electron chi connectivity index (χ4n) is 4.34. The largest absolute Gasteiger partial charge is 0.465 e. The minimum Gasteiger partial charge on any atom is -0.465 e. The number of esters is 1. The lowest BCUT2D eigenvalue weighted by Gasteiger charge is -2.26. The molecule has 32 heavy (non-hydrogen) atoms. The van der Waals surface area contributed by atoms with Crippen LogP contribution >= 0.6 is 11.3 Å². The first kappa shape index (κ1) is 22.4. The lowest BCUT2D eigenvalue weighted by molar-refractivity contribution is -0.122. The fourth-order valence-corrected chi connectivity index (χ4v) is 5.62. The number of carbonyl (C=O) groups excluding carboxylic acids is 3. The van der Waals surface area contributed by atoms with Gasteiger partial charge in [0.25, 0.3) is 0 Å². The smallest absolute Gasteiger partial charge is 0.341 e. The first-order valence-electron chi connectivity index (χ1n) is 10.7. The van der Waals surface area contributed by atoms with E-state index in [1.54, 1.807) is 0 Å². The van der Waals surface area contributed by atoms with Crippen molar-refractivity contribution < 1.29 is 23.5 Å². The van der Waals surface area contributed by atoms with Gasteiger partial charge in [-0.3, -0.25) is 14.5 Å². The van der Waals surface area contributed by atoms with Crippen molar-refractivity contribution in [1.29, 1.82) is 0 Å². The van der Waals surface area contributed by atoms with Crippen LogP contribution in [0.3, 0.4) is 0 Å². The van der Waals surface area contributed by atoms with Crippen molar-refractivity contribution in [2.45, 2.75) is 32.7 Å². The minimum atomic E-state index is -0.561. The van der Waals surface area contributed by atoms with E-state index in [9.17, 15) is 18.8 Å². The Morgan fingerprint density at radius 3 is 2.72 bits per heavy atom. The maximum absolute atomic E-state index is 13.2. The Labute approximate surface area is 190 Å². The molecule has 1 N–H and O–H groups in total. The monoisotopic (exact) mass is 459 g/mol. The van der Waals surface area contributed by atoms with E-state index >= 15 is 0 Å². The van der Waals surface area contributed by atoms with Gasteiger partial charge >= 0.3 is 5.97 Å². The highest BCUT2D eigenvalue weighted by molar-refractivity contribution is 7.17. The molecule has 2 aliphatic heterocycles. The summed E-state index contributed by atoms with van der Waals surface area (Å²) in [5.74, 6) is -1.90. The van der Waals surface area contributed by atoms with Crippen LogP contribution in [0.25, 0.3) is 0 Å². The Balaban J connectivity index is 1.52. The zero-order chi connectivity index (χ0) is 22.8. The van der Waals surface area contributed by atoms with Crippen LogP contribution in [0, 0.1) is 11.7 Å². The van der Waals surface area contributed by atoms with Gasteiger partial charge in [-0.05, 0) is 49.2 Å². The summed E-state index contributed by atoms with van der Waals surface area (Å²) in [6, 6.07) is 5.63. The average molecular weight is 460 g/mol. The van der Waals surface area contributed by atoms with E-state index in [-0.39, 0.29) is 30.6 Å². The van der Waals surface area contributed by atoms with E-state index in [4.69, 9.17) is 4.74 Å². The number of fused-ring (bicyclic) bond motifs is 1. The molecule has 2 aliphatic rings. The molecule has 1 aromatic carbocycles. The minimum absolute atomic E-state index is 0.0616. The number of hydrogen-bond donors (Lipinski definition) is 1. The molecular weight excluding hydrogens is 433 g/mol. The Bertz CT molecular complexity index is 1040. The van der Waals surface area contributed by atoms with Gasteiger partial charge < -0.3 is 15.0 Å². The second-order valence-electron chi connectivity index (χ2n) is 8.10. The van der Waals surface area contributed by atoms with Gasteiger partial charge in [-0.2, -0.15) is 0 Å². The summed E-state index contributed by atoms with van der Waals surface area (Å²) < 4.78 is 18.2. The zero-order valence-electron chi connectivity index (χ0n) is 18.2. The van der Waals surface area contributed by atoms with E-state index in [1.165, 1.54) is 47.6 Å². The molecule has 0 saturated carbocycles. The predicted molar refractivity (Wildman–Crippen MR) is 120 cm³/mol. The number of nitrogens with one attached hydrogen (secondary N) is 1. The van der Waals surface area contributed by atoms with Crippen LogP contribution in [0.15, 0.2) is 24.3 Å². The molecule has 2 aromatic rings. The van der Waals surface area contributed by atoms with Crippen molar-refractivity contribution in [2.24, 2.45) is 5.92 Å². The Kier molecular flexibility index (Phi) is 6.57. The summed E-state index contributed by atoms with van der Waals surface area (Å²) in [6.45, 7) is 4.93. The number of methoxy groups -OCH3 is 1. The number of carbonyl (C=O) groups is 3. The maximum atomic E-state index is 13.2. The Morgan fingerprint density at radius 1 is 1.28 bits per heavy atom. The SMILES string of the molecule is CCCN1CCc2c(sc(NC(=O)C3CC(=O)N(c4ccc(F)cc4)C3)c2C(=O)OC)C1. The van der Waals surface area contributed by atoms with Gasteiger partial charge in [0.15, 0.2) is 0 Å². The zero-order valence-corrected chi connectivity index (χ0v) is 19.0. The molecule has 1 aromatic heterocycles. The molecule has 1 saturated heterocycles. The normalized spacial score (nSPS) is 18.5. The number of amides is 2. The molecule has 1 unspecified atom stereocenters. The number of rotatable bonds is 6. The quantitative estimate of drug-likeness (QED) is 0.670. The summed E-state index contributed by atoms with van der Waals surface area (Å²) in [5.41, 5.74) is 1.93. The lowest BCUT2D eigenvalue weighted by atomic mass is 10.0. The second-order valence-corrected chi connectivity index (χ2v) is 9.20. The third-order valence-electron chi connectivity index (χ3n) is 5.94. The molecule has 2 amide bonds. The predicted octanol–water partition coefficient (Wildman–Crippen LogP) is 3.43. The van der Waals surface area contributed by atoms with Gasteiger partial charge in [-0.1, -0.05) is 6.92 Å². The van der Waals surface area contributed by atoms with Crippen LogP contribution in [0.1, 0.15) is 40.6 Å². The summed E-state index contributed by atoms with van der Waals surface area (Å²) >= 11 is 1.41. The number of thiophene rings is 1. The molecule has 0 aliphatic carbocycles. The van der Waals surface area contributed by atoms with Crippen LogP contribution in [0.5, 0.6) is 0 Å². The lowest BCUT2D eigenvalue weighted by Crippen LogP contribution is -2.31. The molecule has 4 rings (SSSR count). The van der Waals surface area contributed by atoms with E-state index in [2.05, 4.69) is 17.1 Å². The van der Waals surface area contributed by atoms with Gasteiger partial charge in [0.2, 0.25) is 11.8 Å². The van der Waals surface area contributed by atoms with Gasteiger partial charge in [-0.25, -0.2) is 9.18 Å². The number of nitrogens with zero attached hydrogens (tertiary/aromatic N) is 2. The second kappa shape index (κ2) is 9.38.